The van der Waals surface area contributed by atoms with Gasteiger partial charge in [-0.25, -0.2) is 4.79 Å². The molecule has 6 heteroatoms. The summed E-state index contributed by atoms with van der Waals surface area (Å²) in [5, 5.41) is 7.48. The summed E-state index contributed by atoms with van der Waals surface area (Å²) in [7, 11) is 0. The predicted octanol–water partition coefficient (Wildman–Crippen LogP) is 0.981. The number of carbonyl (C=O) groups excluding carboxylic acids is 3. The Balaban J connectivity index is 1.59. The van der Waals surface area contributed by atoms with Crippen LogP contribution >= 0.6 is 0 Å². The van der Waals surface area contributed by atoms with Crippen molar-refractivity contribution in [3.63, 3.8) is 0 Å². The van der Waals surface area contributed by atoms with E-state index in [9.17, 15) is 14.4 Å². The third-order valence-corrected chi connectivity index (χ3v) is 3.67. The average molecular weight is 279 g/mol. The highest BCUT2D eigenvalue weighted by Crippen LogP contribution is 2.19. The molecule has 1 saturated heterocycles. The minimum atomic E-state index is -0.575. The van der Waals surface area contributed by atoms with Crippen molar-refractivity contribution in [1.29, 1.82) is 0 Å². The average Bonchev–Trinajstić information content (AvgIpc) is 2.76. The minimum absolute atomic E-state index is 0.0737. The van der Waals surface area contributed by atoms with Crippen molar-refractivity contribution < 1.29 is 14.4 Å². The van der Waals surface area contributed by atoms with E-state index in [4.69, 9.17) is 0 Å². The molecule has 0 aromatic carbocycles. The second-order valence-corrected chi connectivity index (χ2v) is 5.26. The van der Waals surface area contributed by atoms with Gasteiger partial charge in [0, 0.05) is 13.0 Å². The molecule has 1 unspecified atom stereocenters. The lowest BCUT2D eigenvalue weighted by Crippen LogP contribution is -2.32. The molecule has 1 aliphatic heterocycles. The highest BCUT2D eigenvalue weighted by molar-refractivity contribution is 6.04. The third kappa shape index (κ3) is 4.36. The van der Waals surface area contributed by atoms with E-state index in [0.29, 0.717) is 13.0 Å². The van der Waals surface area contributed by atoms with Crippen LogP contribution in [0.15, 0.2) is 11.6 Å². The first-order valence-corrected chi connectivity index (χ1v) is 7.21. The van der Waals surface area contributed by atoms with Gasteiger partial charge in [0.15, 0.2) is 0 Å². The highest BCUT2D eigenvalue weighted by Gasteiger charge is 2.29. The van der Waals surface area contributed by atoms with E-state index in [2.05, 4.69) is 22.0 Å². The molecule has 1 heterocycles. The molecule has 0 saturated carbocycles. The van der Waals surface area contributed by atoms with Crippen LogP contribution in [0.4, 0.5) is 4.79 Å². The molecule has 0 spiro atoms. The topological polar surface area (TPSA) is 87.3 Å². The van der Waals surface area contributed by atoms with Gasteiger partial charge < -0.3 is 10.6 Å². The number of amides is 4. The van der Waals surface area contributed by atoms with E-state index in [1.165, 1.54) is 18.4 Å². The summed E-state index contributed by atoms with van der Waals surface area (Å²) in [6, 6.07) is -1.06. The number of hydrogen-bond donors (Lipinski definition) is 3. The van der Waals surface area contributed by atoms with Crippen molar-refractivity contribution in [1.82, 2.24) is 16.0 Å². The van der Waals surface area contributed by atoms with Crippen molar-refractivity contribution in [3.8, 4) is 0 Å². The van der Waals surface area contributed by atoms with Gasteiger partial charge in [-0.15, -0.1) is 0 Å². The fourth-order valence-electron chi connectivity index (χ4n) is 2.52. The maximum absolute atomic E-state index is 11.7. The highest BCUT2D eigenvalue weighted by atomic mass is 16.2. The van der Waals surface area contributed by atoms with Crippen LogP contribution in [0.3, 0.4) is 0 Å². The van der Waals surface area contributed by atoms with Crippen molar-refractivity contribution in [2.75, 3.05) is 6.54 Å². The Morgan fingerprint density at radius 1 is 1.35 bits per heavy atom. The molecule has 2 rings (SSSR count). The zero-order valence-corrected chi connectivity index (χ0v) is 11.5. The van der Waals surface area contributed by atoms with Crippen molar-refractivity contribution in [2.45, 2.75) is 51.0 Å². The van der Waals surface area contributed by atoms with Gasteiger partial charge >= 0.3 is 6.03 Å². The van der Waals surface area contributed by atoms with Crippen LogP contribution in [-0.4, -0.2) is 30.4 Å². The van der Waals surface area contributed by atoms with Crippen LogP contribution in [-0.2, 0) is 9.59 Å². The first kappa shape index (κ1) is 14.6. The quantitative estimate of drug-likeness (QED) is 0.500. The number of hydrogen-bond acceptors (Lipinski definition) is 3. The number of allylic oxidation sites excluding steroid dienone is 1. The van der Waals surface area contributed by atoms with Gasteiger partial charge in [-0.3, -0.25) is 14.9 Å². The number of imide groups is 1. The van der Waals surface area contributed by atoms with Crippen molar-refractivity contribution >= 4 is 17.8 Å². The molecule has 1 aliphatic carbocycles. The van der Waals surface area contributed by atoms with Gasteiger partial charge in [0.1, 0.15) is 6.04 Å². The first-order chi connectivity index (χ1) is 9.65. The summed E-state index contributed by atoms with van der Waals surface area (Å²) in [5.41, 5.74) is 1.43. The molecule has 1 atom stereocenters. The van der Waals surface area contributed by atoms with Crippen LogP contribution in [0, 0.1) is 0 Å². The second kappa shape index (κ2) is 7.07. The Bertz CT molecular complexity index is 431. The Kier molecular flexibility index (Phi) is 5.15. The SMILES string of the molecule is O=C(CCC1NC(=O)NC1=O)NCCC1=CCCCC1. The van der Waals surface area contributed by atoms with Gasteiger partial charge in [0.25, 0.3) is 5.91 Å². The van der Waals surface area contributed by atoms with E-state index < -0.39 is 12.1 Å². The summed E-state index contributed by atoms with van der Waals surface area (Å²) in [6.07, 6.45) is 8.58. The standard InChI is InChI=1S/C14H21N3O3/c18-12(7-6-11-13(19)17-14(20)16-11)15-9-8-10-4-2-1-3-5-10/h4,11H,1-3,5-9H2,(H,15,18)(H2,16,17,19,20). The maximum Gasteiger partial charge on any atom is 0.322 e. The van der Waals surface area contributed by atoms with Gasteiger partial charge in [-0.2, -0.15) is 0 Å². The number of urea groups is 1. The largest absolute Gasteiger partial charge is 0.356 e. The Morgan fingerprint density at radius 2 is 2.20 bits per heavy atom. The normalized spacial score (nSPS) is 22.0. The number of nitrogens with one attached hydrogen (secondary N) is 3. The minimum Gasteiger partial charge on any atom is -0.356 e. The lowest BCUT2D eigenvalue weighted by Gasteiger charge is -2.13. The molecule has 0 aromatic rings. The Labute approximate surface area is 118 Å². The summed E-state index contributed by atoms with van der Waals surface area (Å²) in [5.74, 6) is -0.425. The number of carbonyl (C=O) groups is 3. The molecular formula is C14H21N3O3. The van der Waals surface area contributed by atoms with Gasteiger partial charge in [-0.05, 0) is 38.5 Å². The molecular weight excluding hydrogens is 258 g/mol. The van der Waals surface area contributed by atoms with Crippen LogP contribution in [0.2, 0.25) is 0 Å². The fourth-order valence-corrected chi connectivity index (χ4v) is 2.52. The molecule has 4 amide bonds. The van der Waals surface area contributed by atoms with E-state index in [0.717, 1.165) is 19.3 Å². The Morgan fingerprint density at radius 3 is 2.85 bits per heavy atom. The molecule has 2 aliphatic rings. The summed E-state index contributed by atoms with van der Waals surface area (Å²) < 4.78 is 0. The third-order valence-electron chi connectivity index (χ3n) is 3.67. The van der Waals surface area contributed by atoms with E-state index in [1.54, 1.807) is 0 Å². The fraction of sp³-hybridized carbons (Fsp3) is 0.643. The molecule has 20 heavy (non-hydrogen) atoms. The van der Waals surface area contributed by atoms with Gasteiger partial charge in [0.2, 0.25) is 5.91 Å². The summed E-state index contributed by atoms with van der Waals surface area (Å²) >= 11 is 0. The molecule has 6 nitrogen and oxygen atoms in total. The van der Waals surface area contributed by atoms with Gasteiger partial charge in [-0.1, -0.05) is 11.6 Å². The molecule has 3 N–H and O–H groups in total. The Hall–Kier alpha value is -1.85. The number of rotatable bonds is 6. The monoisotopic (exact) mass is 279 g/mol. The van der Waals surface area contributed by atoms with Crippen LogP contribution in [0.1, 0.15) is 44.9 Å². The van der Waals surface area contributed by atoms with Crippen LogP contribution in [0.25, 0.3) is 0 Å². The van der Waals surface area contributed by atoms with Gasteiger partial charge in [0.05, 0.1) is 0 Å². The lowest BCUT2D eigenvalue weighted by molar-refractivity contribution is -0.122. The molecule has 0 bridgehead atoms. The second-order valence-electron chi connectivity index (χ2n) is 5.26. The molecule has 1 fully saturated rings. The predicted molar refractivity (Wildman–Crippen MR) is 73.9 cm³/mol. The zero-order valence-electron chi connectivity index (χ0n) is 11.5. The zero-order chi connectivity index (χ0) is 14.4. The van der Waals surface area contributed by atoms with Crippen LogP contribution < -0.4 is 16.0 Å². The summed E-state index contributed by atoms with van der Waals surface area (Å²) in [4.78, 5) is 33.8. The first-order valence-electron chi connectivity index (χ1n) is 7.21. The molecule has 0 radical (unpaired) electrons. The smallest absolute Gasteiger partial charge is 0.322 e. The van der Waals surface area contributed by atoms with E-state index in [-0.39, 0.29) is 18.2 Å². The molecule has 110 valence electrons. The van der Waals surface area contributed by atoms with Crippen molar-refractivity contribution in [3.05, 3.63) is 11.6 Å². The molecule has 0 aromatic heterocycles. The maximum atomic E-state index is 11.7. The van der Waals surface area contributed by atoms with E-state index in [1.807, 2.05) is 0 Å². The lowest BCUT2D eigenvalue weighted by atomic mass is 9.97. The summed E-state index contributed by atoms with van der Waals surface area (Å²) in [6.45, 7) is 0.647. The van der Waals surface area contributed by atoms with Crippen LogP contribution in [0.5, 0.6) is 0 Å². The van der Waals surface area contributed by atoms with Crippen molar-refractivity contribution in [2.24, 2.45) is 0 Å². The van der Waals surface area contributed by atoms with E-state index >= 15 is 0 Å².